The van der Waals surface area contributed by atoms with Crippen molar-refractivity contribution in [2.45, 2.75) is 24.5 Å². The van der Waals surface area contributed by atoms with Crippen LogP contribution >= 0.6 is 7.26 Å². The van der Waals surface area contributed by atoms with Crippen LogP contribution in [0.25, 0.3) is 0 Å². The molecule has 0 aliphatic carbocycles. The molecule has 2 aliphatic rings. The van der Waals surface area contributed by atoms with Crippen LogP contribution in [0.5, 0.6) is 0 Å². The van der Waals surface area contributed by atoms with Crippen molar-refractivity contribution < 1.29 is 14.3 Å². The fraction of sp³-hybridized carbons (Fsp3) is 0.267. The van der Waals surface area contributed by atoms with Crippen molar-refractivity contribution in [1.82, 2.24) is 9.80 Å². The van der Waals surface area contributed by atoms with E-state index in [1.807, 2.05) is 23.1 Å². The molecule has 0 bridgehead atoms. The van der Waals surface area contributed by atoms with Gasteiger partial charge in [-0.15, -0.1) is 0 Å². The first-order valence-corrected chi connectivity index (χ1v) is 14.7. The average Bonchev–Trinajstić information content (AvgIpc) is 3.57. The van der Waals surface area contributed by atoms with Gasteiger partial charge in [0.1, 0.15) is 0 Å². The molecule has 2 fully saturated rings. The second-order valence-electron chi connectivity index (χ2n) is 9.53. The van der Waals surface area contributed by atoms with Crippen molar-refractivity contribution >= 4 is 35.2 Å². The van der Waals surface area contributed by atoms with Crippen molar-refractivity contribution in [2.24, 2.45) is 0 Å². The standard InChI is InChI=1S/C30H33N2O3P/c1-2-22-35-30(34)31-20-18-24(23-31)32-21-19-28(29(32)33)36(25-12-6-3-7-13-25,26-14-8-4-9-15-26)27-16-10-5-11-17-27/h2-17,24,28,36H,1,18-23H2. The van der Waals surface area contributed by atoms with E-state index in [-0.39, 0.29) is 30.3 Å². The summed E-state index contributed by atoms with van der Waals surface area (Å²) in [7, 11) is -2.71. The summed E-state index contributed by atoms with van der Waals surface area (Å²) in [5.74, 6) is 0.213. The van der Waals surface area contributed by atoms with Gasteiger partial charge in [0.15, 0.2) is 0 Å². The van der Waals surface area contributed by atoms with Gasteiger partial charge in [0, 0.05) is 0 Å². The number of carbonyl (C=O) groups excluding carboxylic acids is 2. The van der Waals surface area contributed by atoms with Crippen LogP contribution in [0.4, 0.5) is 4.79 Å². The van der Waals surface area contributed by atoms with Crippen molar-refractivity contribution in [2.75, 3.05) is 26.2 Å². The van der Waals surface area contributed by atoms with Crippen LogP contribution in [-0.4, -0.2) is 59.7 Å². The number of rotatable bonds is 7. The SMILES string of the molecule is C=CCOC(=O)N1CCC(N2CCC([PH](c3ccccc3)(c3ccccc3)c3ccccc3)C2=O)C1. The Bertz CT molecular complexity index is 1110. The average molecular weight is 501 g/mol. The number of benzene rings is 3. The molecule has 0 saturated carbocycles. The number of amides is 2. The summed E-state index contributed by atoms with van der Waals surface area (Å²) in [6.07, 6.45) is 2.82. The molecule has 2 aliphatic heterocycles. The molecule has 2 atom stereocenters. The van der Waals surface area contributed by atoms with E-state index in [1.54, 1.807) is 11.0 Å². The van der Waals surface area contributed by atoms with E-state index >= 15 is 0 Å². The first kappa shape index (κ1) is 24.3. The fourth-order valence-electron chi connectivity index (χ4n) is 6.06. The van der Waals surface area contributed by atoms with Crippen LogP contribution < -0.4 is 15.9 Å². The molecule has 3 aromatic rings. The van der Waals surface area contributed by atoms with Crippen molar-refractivity contribution in [3.05, 3.63) is 104 Å². The zero-order chi connectivity index (χ0) is 25.0. The van der Waals surface area contributed by atoms with E-state index < -0.39 is 7.26 Å². The quantitative estimate of drug-likeness (QED) is 0.367. The summed E-state index contributed by atoms with van der Waals surface area (Å²) < 4.78 is 5.23. The predicted octanol–water partition coefficient (Wildman–Crippen LogP) is 3.71. The van der Waals surface area contributed by atoms with Gasteiger partial charge in [-0.25, -0.2) is 0 Å². The molecule has 186 valence electrons. The molecule has 5 nitrogen and oxygen atoms in total. The van der Waals surface area contributed by atoms with E-state index in [4.69, 9.17) is 4.74 Å². The third-order valence-electron chi connectivity index (χ3n) is 7.64. The Hall–Kier alpha value is -3.43. The first-order chi connectivity index (χ1) is 17.7. The Morgan fingerprint density at radius 1 is 0.861 bits per heavy atom. The number of nitrogens with zero attached hydrogens (tertiary/aromatic N) is 2. The monoisotopic (exact) mass is 500 g/mol. The molecule has 2 heterocycles. The van der Waals surface area contributed by atoms with Crippen LogP contribution in [0.2, 0.25) is 0 Å². The Morgan fingerprint density at radius 3 is 1.89 bits per heavy atom. The van der Waals surface area contributed by atoms with Gasteiger partial charge in [0.05, 0.1) is 0 Å². The molecule has 0 radical (unpaired) electrons. The van der Waals surface area contributed by atoms with Gasteiger partial charge in [-0.2, -0.15) is 0 Å². The Labute approximate surface area is 213 Å². The van der Waals surface area contributed by atoms with Crippen molar-refractivity contribution in [1.29, 1.82) is 0 Å². The topological polar surface area (TPSA) is 49.9 Å². The third kappa shape index (κ3) is 4.33. The molecular formula is C30H33N2O3P. The summed E-state index contributed by atoms with van der Waals surface area (Å²) in [6.45, 7) is 5.64. The maximum absolute atomic E-state index is 14.3. The van der Waals surface area contributed by atoms with E-state index in [1.165, 1.54) is 15.9 Å². The number of carbonyl (C=O) groups is 2. The molecule has 2 saturated heterocycles. The number of hydrogen-bond donors (Lipinski definition) is 0. The normalized spacial score (nSPS) is 20.4. The van der Waals surface area contributed by atoms with Gasteiger partial charge < -0.3 is 0 Å². The van der Waals surface area contributed by atoms with Gasteiger partial charge in [0.2, 0.25) is 0 Å². The van der Waals surface area contributed by atoms with Gasteiger partial charge in [-0.3, -0.25) is 0 Å². The molecule has 0 spiro atoms. The summed E-state index contributed by atoms with van der Waals surface area (Å²) in [5, 5.41) is 3.76. The molecule has 6 heteroatoms. The summed E-state index contributed by atoms with van der Waals surface area (Å²) in [4.78, 5) is 30.5. The van der Waals surface area contributed by atoms with Crippen LogP contribution in [0.1, 0.15) is 12.8 Å². The number of hydrogen-bond acceptors (Lipinski definition) is 3. The van der Waals surface area contributed by atoms with E-state index in [0.717, 1.165) is 12.8 Å². The second-order valence-corrected chi connectivity index (χ2v) is 13.6. The van der Waals surface area contributed by atoms with Crippen LogP contribution in [0.15, 0.2) is 104 Å². The van der Waals surface area contributed by atoms with Gasteiger partial charge in [-0.1, -0.05) is 0 Å². The molecule has 2 amide bonds. The number of ether oxygens (including phenoxy) is 1. The molecular weight excluding hydrogens is 467 g/mol. The summed E-state index contributed by atoms with van der Waals surface area (Å²) in [6, 6.07) is 31.9. The molecule has 0 N–H and O–H groups in total. The van der Waals surface area contributed by atoms with Gasteiger partial charge in [-0.05, 0) is 0 Å². The summed E-state index contributed by atoms with van der Waals surface area (Å²) >= 11 is 0. The Kier molecular flexibility index (Phi) is 7.20. The van der Waals surface area contributed by atoms with Crippen LogP contribution in [-0.2, 0) is 9.53 Å². The number of likely N-dealkylation sites (tertiary alicyclic amines) is 2. The molecule has 2 unspecified atom stereocenters. The molecule has 3 aromatic carbocycles. The van der Waals surface area contributed by atoms with Crippen LogP contribution in [0, 0.1) is 0 Å². The zero-order valence-corrected chi connectivity index (χ0v) is 21.5. The van der Waals surface area contributed by atoms with E-state index in [2.05, 4.69) is 79.4 Å². The second kappa shape index (κ2) is 10.7. The minimum absolute atomic E-state index is 0.0211. The van der Waals surface area contributed by atoms with E-state index in [0.29, 0.717) is 19.6 Å². The maximum atomic E-state index is 14.3. The minimum atomic E-state index is -2.71. The molecule has 0 aromatic heterocycles. The zero-order valence-electron chi connectivity index (χ0n) is 20.5. The Morgan fingerprint density at radius 2 is 1.39 bits per heavy atom. The predicted molar refractivity (Wildman–Crippen MR) is 148 cm³/mol. The Balaban J connectivity index is 1.53. The van der Waals surface area contributed by atoms with Crippen LogP contribution in [0.3, 0.4) is 0 Å². The summed E-state index contributed by atoms with van der Waals surface area (Å²) in [5.41, 5.74) is -0.119. The molecule has 5 rings (SSSR count). The van der Waals surface area contributed by atoms with Crippen molar-refractivity contribution in [3.63, 3.8) is 0 Å². The van der Waals surface area contributed by atoms with Gasteiger partial charge in [0.25, 0.3) is 0 Å². The first-order valence-electron chi connectivity index (χ1n) is 12.7. The van der Waals surface area contributed by atoms with Gasteiger partial charge >= 0.3 is 214 Å². The molecule has 36 heavy (non-hydrogen) atoms. The fourth-order valence-corrected chi connectivity index (χ4v) is 11.5. The third-order valence-corrected chi connectivity index (χ3v) is 13.0. The van der Waals surface area contributed by atoms with E-state index in [9.17, 15) is 9.59 Å². The van der Waals surface area contributed by atoms with Crippen molar-refractivity contribution in [3.8, 4) is 0 Å².